The lowest BCUT2D eigenvalue weighted by atomic mass is 10.1. The van der Waals surface area contributed by atoms with Gasteiger partial charge in [-0.1, -0.05) is 12.1 Å². The Labute approximate surface area is 232 Å². The summed E-state index contributed by atoms with van der Waals surface area (Å²) in [6, 6.07) is 9.16. The molecule has 0 bridgehead atoms. The monoisotopic (exact) mass is 566 g/mol. The predicted molar refractivity (Wildman–Crippen MR) is 147 cm³/mol. The van der Waals surface area contributed by atoms with Crippen LogP contribution < -0.4 is 30.0 Å². The van der Waals surface area contributed by atoms with Crippen LogP contribution in [0.2, 0.25) is 0 Å². The number of carbonyl (C=O) groups excluding carboxylic acids is 1. The molecule has 2 heterocycles. The minimum atomic E-state index is -0.527. The smallest absolute Gasteiger partial charge is 0.407 e. The number of hydrogen-bond acceptors (Lipinski definition) is 11. The molecule has 39 heavy (non-hydrogen) atoms. The van der Waals surface area contributed by atoms with E-state index in [1.54, 1.807) is 53.2 Å². The third kappa shape index (κ3) is 8.29. The lowest BCUT2D eigenvalue weighted by molar-refractivity contribution is 0.0519. The van der Waals surface area contributed by atoms with E-state index < -0.39 is 11.7 Å². The van der Waals surface area contributed by atoms with Crippen molar-refractivity contribution < 1.29 is 37.5 Å². The van der Waals surface area contributed by atoms with Crippen molar-refractivity contribution in [3.8, 4) is 23.3 Å². The minimum Gasteiger partial charge on any atom is -0.496 e. The van der Waals surface area contributed by atoms with Crippen molar-refractivity contribution in [2.24, 2.45) is 5.73 Å². The average Bonchev–Trinajstić information content (AvgIpc) is 3.50. The number of aryl methyl sites for hydroxylation is 1. The standard InChI is InChI=1S/C15H20N2O5.C11H14N2O3.ClH/c1-15(2,3)21-14(18)16-8-9-20-13-12-10(19-4)6-5-7-11(12)22-17-13;1-7-3-4-8(14-2)9-10(7)16-13-11(9)15-6-5-12;/h5-7H,8-9H2,1-4H3,(H,16,18);3-4H,5-6,12H2,1-2H3;1H. The molecule has 0 aliphatic carbocycles. The van der Waals surface area contributed by atoms with Gasteiger partial charge in [-0.2, -0.15) is 0 Å². The van der Waals surface area contributed by atoms with E-state index in [4.69, 9.17) is 38.5 Å². The number of methoxy groups -OCH3 is 2. The Morgan fingerprint density at radius 2 is 1.59 bits per heavy atom. The molecule has 12 nitrogen and oxygen atoms in total. The summed E-state index contributed by atoms with van der Waals surface area (Å²) in [7, 11) is 3.17. The van der Waals surface area contributed by atoms with Gasteiger partial charge in [-0.05, 0) is 61.8 Å². The highest BCUT2D eigenvalue weighted by molar-refractivity contribution is 5.91. The molecule has 0 saturated heterocycles. The minimum absolute atomic E-state index is 0. The van der Waals surface area contributed by atoms with Gasteiger partial charge in [0.25, 0.3) is 11.8 Å². The first-order valence-electron chi connectivity index (χ1n) is 12.0. The third-order valence-electron chi connectivity index (χ3n) is 4.98. The van der Waals surface area contributed by atoms with Crippen LogP contribution in [0.4, 0.5) is 4.79 Å². The van der Waals surface area contributed by atoms with E-state index in [2.05, 4.69) is 15.6 Å². The van der Waals surface area contributed by atoms with Gasteiger partial charge >= 0.3 is 6.09 Å². The summed E-state index contributed by atoms with van der Waals surface area (Å²) in [4.78, 5) is 11.5. The van der Waals surface area contributed by atoms with Gasteiger partial charge in [-0.25, -0.2) is 4.79 Å². The molecule has 13 heteroatoms. The van der Waals surface area contributed by atoms with E-state index in [1.165, 1.54) is 0 Å². The van der Waals surface area contributed by atoms with Gasteiger partial charge in [0.1, 0.15) is 41.1 Å². The number of rotatable bonds is 9. The van der Waals surface area contributed by atoms with Crippen molar-refractivity contribution in [2.75, 3.05) is 40.5 Å². The molecule has 4 rings (SSSR count). The largest absolute Gasteiger partial charge is 0.496 e. The predicted octanol–water partition coefficient (Wildman–Crippen LogP) is 4.64. The third-order valence-corrected chi connectivity index (χ3v) is 4.98. The number of nitrogens with one attached hydrogen (secondary N) is 1. The molecule has 0 unspecified atom stereocenters. The van der Waals surface area contributed by atoms with E-state index in [-0.39, 0.29) is 19.0 Å². The average molecular weight is 567 g/mol. The molecule has 3 N–H and O–H groups in total. The molecule has 0 atom stereocenters. The van der Waals surface area contributed by atoms with Gasteiger partial charge in [-0.15, -0.1) is 12.4 Å². The molecule has 214 valence electrons. The molecule has 2 aromatic carbocycles. The first-order valence-corrected chi connectivity index (χ1v) is 12.0. The van der Waals surface area contributed by atoms with Crippen molar-refractivity contribution in [2.45, 2.75) is 33.3 Å². The SMILES string of the molecule is COc1ccc(C)c2onc(OCCN)c12.COc1cccc2onc(OCCNC(=O)OC(C)(C)C)c12.Cl. The van der Waals surface area contributed by atoms with Crippen LogP contribution in [0.5, 0.6) is 23.3 Å². The van der Waals surface area contributed by atoms with E-state index in [1.807, 2.05) is 19.1 Å². The molecule has 0 aliphatic heterocycles. The number of fused-ring (bicyclic) bond motifs is 2. The van der Waals surface area contributed by atoms with Crippen LogP contribution in [0.1, 0.15) is 26.3 Å². The van der Waals surface area contributed by atoms with Gasteiger partial charge in [0, 0.05) is 6.54 Å². The number of benzene rings is 2. The number of alkyl carbamates (subject to hydrolysis) is 1. The zero-order valence-corrected chi connectivity index (χ0v) is 23.7. The highest BCUT2D eigenvalue weighted by Crippen LogP contribution is 2.35. The Balaban J connectivity index is 0.000000279. The highest BCUT2D eigenvalue weighted by atomic mass is 35.5. The Morgan fingerprint density at radius 1 is 0.949 bits per heavy atom. The Morgan fingerprint density at radius 3 is 2.26 bits per heavy atom. The zero-order chi connectivity index (χ0) is 27.7. The van der Waals surface area contributed by atoms with E-state index in [0.29, 0.717) is 59.5 Å². The second-order valence-corrected chi connectivity index (χ2v) is 9.01. The molecule has 2 aromatic heterocycles. The maximum atomic E-state index is 11.5. The van der Waals surface area contributed by atoms with Gasteiger partial charge in [0.05, 0.1) is 20.8 Å². The fourth-order valence-electron chi connectivity index (χ4n) is 3.36. The summed E-state index contributed by atoms with van der Waals surface area (Å²) in [5.41, 5.74) is 7.10. The number of nitrogens with zero attached hydrogens (tertiary/aromatic N) is 2. The quantitative estimate of drug-likeness (QED) is 0.272. The van der Waals surface area contributed by atoms with Gasteiger partial charge in [0.15, 0.2) is 11.2 Å². The number of amides is 1. The fourth-order valence-corrected chi connectivity index (χ4v) is 3.36. The van der Waals surface area contributed by atoms with E-state index in [9.17, 15) is 4.79 Å². The van der Waals surface area contributed by atoms with Crippen molar-refractivity contribution in [1.82, 2.24) is 15.6 Å². The molecule has 0 fully saturated rings. The maximum absolute atomic E-state index is 11.5. The normalized spacial score (nSPS) is 10.7. The van der Waals surface area contributed by atoms with Crippen molar-refractivity contribution >= 4 is 40.4 Å². The van der Waals surface area contributed by atoms with E-state index >= 15 is 0 Å². The van der Waals surface area contributed by atoms with Crippen molar-refractivity contribution in [1.29, 1.82) is 0 Å². The van der Waals surface area contributed by atoms with Crippen molar-refractivity contribution in [3.05, 3.63) is 35.9 Å². The second kappa shape index (κ2) is 14.3. The second-order valence-electron chi connectivity index (χ2n) is 9.01. The molecular weight excluding hydrogens is 532 g/mol. The summed E-state index contributed by atoms with van der Waals surface area (Å²) in [6.45, 7) is 8.71. The molecule has 0 saturated carbocycles. The van der Waals surface area contributed by atoms with Gasteiger partial charge in [-0.3, -0.25) is 0 Å². The first-order chi connectivity index (χ1) is 18.2. The van der Waals surface area contributed by atoms with Crippen LogP contribution in [0.3, 0.4) is 0 Å². The molecule has 0 aliphatic rings. The molecule has 4 aromatic rings. The fraction of sp³-hybridized carbons (Fsp3) is 0.423. The molecule has 1 amide bonds. The van der Waals surface area contributed by atoms with Gasteiger partial charge < -0.3 is 43.8 Å². The van der Waals surface area contributed by atoms with Crippen LogP contribution in [-0.4, -0.2) is 62.5 Å². The van der Waals surface area contributed by atoms with Crippen LogP contribution in [0.25, 0.3) is 21.9 Å². The first kappa shape index (κ1) is 31.3. The topological polar surface area (TPSA) is 153 Å². The molecular formula is C26H35ClN4O8. The number of ether oxygens (including phenoxy) is 5. The van der Waals surface area contributed by atoms with Crippen molar-refractivity contribution in [3.63, 3.8) is 0 Å². The lowest BCUT2D eigenvalue weighted by Crippen LogP contribution is -2.34. The van der Waals surface area contributed by atoms with Gasteiger partial charge in [0.2, 0.25) is 0 Å². The maximum Gasteiger partial charge on any atom is 0.407 e. The summed E-state index contributed by atoms with van der Waals surface area (Å²) in [6.07, 6.45) is -0.487. The van der Waals surface area contributed by atoms with Crippen LogP contribution in [0, 0.1) is 6.92 Å². The zero-order valence-electron chi connectivity index (χ0n) is 22.9. The van der Waals surface area contributed by atoms with E-state index in [0.717, 1.165) is 10.9 Å². The number of hydrogen-bond donors (Lipinski definition) is 2. The summed E-state index contributed by atoms with van der Waals surface area (Å²) in [5, 5.41) is 11.8. The van der Waals surface area contributed by atoms with Crippen LogP contribution in [0.15, 0.2) is 39.4 Å². The highest BCUT2D eigenvalue weighted by Gasteiger charge is 2.18. The Kier molecular flexibility index (Phi) is 11.5. The Bertz CT molecular complexity index is 1350. The number of carbonyl (C=O) groups is 1. The number of nitrogens with two attached hydrogens (primary N) is 1. The molecule has 0 radical (unpaired) electrons. The lowest BCUT2D eigenvalue weighted by Gasteiger charge is -2.19. The Hall–Kier alpha value is -3.90. The molecule has 0 spiro atoms. The number of halogens is 1. The van der Waals surface area contributed by atoms with Crippen LogP contribution >= 0.6 is 12.4 Å². The number of aromatic nitrogens is 2. The van der Waals surface area contributed by atoms with Crippen LogP contribution in [-0.2, 0) is 4.74 Å². The summed E-state index contributed by atoms with van der Waals surface area (Å²) >= 11 is 0. The summed E-state index contributed by atoms with van der Waals surface area (Å²) in [5.74, 6) is 2.07. The summed E-state index contributed by atoms with van der Waals surface area (Å²) < 4.78 is 36.9.